The molecule has 0 radical (unpaired) electrons. The summed E-state index contributed by atoms with van der Waals surface area (Å²) >= 11 is 3.30. The summed E-state index contributed by atoms with van der Waals surface area (Å²) < 4.78 is 30.6. The van der Waals surface area contributed by atoms with Crippen LogP contribution in [0.5, 0.6) is 5.75 Å². The highest BCUT2D eigenvalue weighted by Crippen LogP contribution is 2.15. The minimum Gasteiger partial charge on any atom is -0.494 e. The van der Waals surface area contributed by atoms with Crippen molar-refractivity contribution in [1.82, 2.24) is 5.32 Å². The van der Waals surface area contributed by atoms with Crippen molar-refractivity contribution in [1.29, 1.82) is 0 Å². The van der Waals surface area contributed by atoms with Gasteiger partial charge in [-0.3, -0.25) is 4.79 Å². The molecule has 0 atom stereocenters. The first-order valence-electron chi connectivity index (χ1n) is 7.81. The quantitative estimate of drug-likeness (QED) is 0.704. The molecule has 2 rings (SSSR count). The van der Waals surface area contributed by atoms with Gasteiger partial charge in [-0.05, 0) is 42.3 Å². The number of carbonyl (C=O) groups excluding carboxylic acids is 1. The van der Waals surface area contributed by atoms with E-state index in [0.717, 1.165) is 15.8 Å². The zero-order valence-electron chi connectivity index (χ0n) is 13.9. The van der Waals surface area contributed by atoms with Gasteiger partial charge in [0.15, 0.2) is 9.84 Å². The van der Waals surface area contributed by atoms with E-state index in [1.807, 2.05) is 37.3 Å². The van der Waals surface area contributed by atoms with Crippen LogP contribution in [0.25, 0.3) is 0 Å². The fourth-order valence-corrected chi connectivity index (χ4v) is 4.03. The van der Waals surface area contributed by atoms with Gasteiger partial charge in [0.2, 0.25) is 5.91 Å². The summed E-state index contributed by atoms with van der Waals surface area (Å²) in [5.74, 6) is -0.502. The number of hydrogen-bond acceptors (Lipinski definition) is 4. The monoisotopic (exact) mass is 425 g/mol. The molecule has 1 amide bonds. The summed E-state index contributed by atoms with van der Waals surface area (Å²) in [5, 5.41) is 2.64. The van der Waals surface area contributed by atoms with Crippen molar-refractivity contribution in [2.45, 2.75) is 19.2 Å². The van der Waals surface area contributed by atoms with Gasteiger partial charge in [0.25, 0.3) is 0 Å². The average molecular weight is 426 g/mol. The van der Waals surface area contributed by atoms with E-state index in [9.17, 15) is 13.2 Å². The fraction of sp³-hybridized carbons (Fsp3) is 0.278. The maximum absolute atomic E-state index is 12.2. The van der Waals surface area contributed by atoms with Crippen molar-refractivity contribution < 1.29 is 17.9 Å². The molecule has 0 saturated carbocycles. The summed E-state index contributed by atoms with van der Waals surface area (Å²) in [7, 11) is -3.53. The van der Waals surface area contributed by atoms with Crippen LogP contribution in [0.2, 0.25) is 0 Å². The lowest BCUT2D eigenvalue weighted by atomic mass is 10.2. The Kier molecular flexibility index (Phi) is 7.01. The van der Waals surface area contributed by atoms with Crippen molar-refractivity contribution >= 4 is 31.7 Å². The molecular formula is C18H20BrNO4S. The molecule has 0 aliphatic carbocycles. The number of amides is 1. The number of benzene rings is 2. The maximum atomic E-state index is 12.2. The van der Waals surface area contributed by atoms with Gasteiger partial charge >= 0.3 is 0 Å². The second-order valence-corrected chi connectivity index (χ2v) is 8.50. The first-order chi connectivity index (χ1) is 11.9. The van der Waals surface area contributed by atoms with E-state index in [1.54, 1.807) is 18.2 Å². The van der Waals surface area contributed by atoms with Gasteiger partial charge in [0.1, 0.15) is 11.5 Å². The molecular weight excluding hydrogens is 406 g/mol. The SMILES string of the molecule is CCOc1cccc(CNC(=O)CS(=O)(=O)Cc2cccc(Br)c2)c1. The molecule has 134 valence electrons. The summed E-state index contributed by atoms with van der Waals surface area (Å²) in [5.41, 5.74) is 1.50. The summed E-state index contributed by atoms with van der Waals surface area (Å²) in [6.07, 6.45) is 0. The van der Waals surface area contributed by atoms with Gasteiger partial charge < -0.3 is 10.1 Å². The molecule has 2 aromatic carbocycles. The highest BCUT2D eigenvalue weighted by Gasteiger charge is 2.17. The van der Waals surface area contributed by atoms with E-state index < -0.39 is 21.5 Å². The maximum Gasteiger partial charge on any atom is 0.235 e. The van der Waals surface area contributed by atoms with Crippen LogP contribution in [-0.4, -0.2) is 26.7 Å². The molecule has 0 fully saturated rings. The highest BCUT2D eigenvalue weighted by atomic mass is 79.9. The van der Waals surface area contributed by atoms with Gasteiger partial charge in [0.05, 0.1) is 12.4 Å². The van der Waals surface area contributed by atoms with Crippen LogP contribution >= 0.6 is 15.9 Å². The standard InChI is InChI=1S/C18H20BrNO4S/c1-2-24-17-8-4-5-14(10-17)11-20-18(21)13-25(22,23)12-15-6-3-7-16(19)9-15/h3-10H,2,11-13H2,1H3,(H,20,21). The number of ether oxygens (including phenoxy) is 1. The molecule has 0 saturated heterocycles. The van der Waals surface area contributed by atoms with Crippen LogP contribution in [0.1, 0.15) is 18.1 Å². The zero-order chi connectivity index (χ0) is 18.3. The Morgan fingerprint density at radius 2 is 1.84 bits per heavy atom. The molecule has 0 unspecified atom stereocenters. The van der Waals surface area contributed by atoms with Gasteiger partial charge in [0, 0.05) is 11.0 Å². The van der Waals surface area contributed by atoms with Crippen LogP contribution in [0.15, 0.2) is 53.0 Å². The summed E-state index contributed by atoms with van der Waals surface area (Å²) in [6, 6.07) is 14.4. The normalized spacial score (nSPS) is 11.1. The predicted octanol–water partition coefficient (Wildman–Crippen LogP) is 3.08. The lowest BCUT2D eigenvalue weighted by molar-refractivity contribution is -0.118. The molecule has 0 spiro atoms. The molecule has 0 aliphatic heterocycles. The summed E-state index contributed by atoms with van der Waals surface area (Å²) in [4.78, 5) is 12.0. The molecule has 25 heavy (non-hydrogen) atoms. The highest BCUT2D eigenvalue weighted by molar-refractivity contribution is 9.10. The third kappa shape index (κ3) is 6.88. The second-order valence-electron chi connectivity index (χ2n) is 5.52. The van der Waals surface area contributed by atoms with E-state index in [1.165, 1.54) is 0 Å². The van der Waals surface area contributed by atoms with Crippen LogP contribution < -0.4 is 10.1 Å². The topological polar surface area (TPSA) is 72.5 Å². The van der Waals surface area contributed by atoms with Gasteiger partial charge in [-0.1, -0.05) is 40.2 Å². The minimum atomic E-state index is -3.53. The Labute approximate surface area is 156 Å². The Bertz CT molecular complexity index is 836. The number of rotatable bonds is 8. The first-order valence-corrected chi connectivity index (χ1v) is 10.4. The number of sulfone groups is 1. The second kappa shape index (κ2) is 9.01. The van der Waals surface area contributed by atoms with E-state index in [4.69, 9.17) is 4.74 Å². The number of hydrogen-bond donors (Lipinski definition) is 1. The van der Waals surface area contributed by atoms with Crippen molar-refractivity contribution in [3.05, 3.63) is 64.1 Å². The molecule has 5 nitrogen and oxygen atoms in total. The van der Waals surface area contributed by atoms with Crippen LogP contribution in [0.4, 0.5) is 0 Å². The third-order valence-electron chi connectivity index (χ3n) is 3.33. The van der Waals surface area contributed by atoms with Crippen molar-refractivity contribution in [2.24, 2.45) is 0 Å². The number of halogens is 1. The molecule has 2 aromatic rings. The van der Waals surface area contributed by atoms with Gasteiger partial charge in [-0.15, -0.1) is 0 Å². The number of nitrogens with one attached hydrogen (secondary N) is 1. The Morgan fingerprint density at radius 1 is 1.12 bits per heavy atom. The van der Waals surface area contributed by atoms with E-state index >= 15 is 0 Å². The molecule has 0 aromatic heterocycles. The molecule has 7 heteroatoms. The molecule has 0 aliphatic rings. The van der Waals surface area contributed by atoms with Crippen molar-refractivity contribution in [3.63, 3.8) is 0 Å². The van der Waals surface area contributed by atoms with Crippen LogP contribution in [-0.2, 0) is 26.9 Å². The Morgan fingerprint density at radius 3 is 2.56 bits per heavy atom. The van der Waals surface area contributed by atoms with Gasteiger partial charge in [-0.25, -0.2) is 8.42 Å². The molecule has 1 N–H and O–H groups in total. The smallest absolute Gasteiger partial charge is 0.235 e. The number of carbonyl (C=O) groups is 1. The average Bonchev–Trinajstić information content (AvgIpc) is 2.53. The van der Waals surface area contributed by atoms with E-state index in [0.29, 0.717) is 12.2 Å². The molecule has 0 bridgehead atoms. The Hall–Kier alpha value is -1.86. The van der Waals surface area contributed by atoms with E-state index in [-0.39, 0.29) is 12.3 Å². The van der Waals surface area contributed by atoms with Crippen LogP contribution in [0, 0.1) is 0 Å². The van der Waals surface area contributed by atoms with Crippen molar-refractivity contribution in [2.75, 3.05) is 12.4 Å². The van der Waals surface area contributed by atoms with E-state index in [2.05, 4.69) is 21.2 Å². The van der Waals surface area contributed by atoms with Crippen LogP contribution in [0.3, 0.4) is 0 Å². The fourth-order valence-electron chi connectivity index (χ4n) is 2.30. The lowest BCUT2D eigenvalue weighted by Gasteiger charge is -2.09. The minimum absolute atomic E-state index is 0.167. The predicted molar refractivity (Wildman–Crippen MR) is 101 cm³/mol. The summed E-state index contributed by atoms with van der Waals surface area (Å²) in [6.45, 7) is 2.71. The third-order valence-corrected chi connectivity index (χ3v) is 5.29. The van der Waals surface area contributed by atoms with Crippen molar-refractivity contribution in [3.8, 4) is 5.75 Å². The lowest BCUT2D eigenvalue weighted by Crippen LogP contribution is -2.30. The Balaban J connectivity index is 1.89. The zero-order valence-corrected chi connectivity index (χ0v) is 16.3. The van der Waals surface area contributed by atoms with Gasteiger partial charge in [-0.2, -0.15) is 0 Å². The first kappa shape index (κ1) is 19.5. The molecule has 0 heterocycles. The largest absolute Gasteiger partial charge is 0.494 e.